The number of hydrogen-bond donors (Lipinski definition) is 2. The first-order valence-corrected chi connectivity index (χ1v) is 7.49. The lowest BCUT2D eigenvalue weighted by molar-refractivity contribution is -0.384. The van der Waals surface area contributed by atoms with Crippen molar-refractivity contribution in [2.45, 2.75) is 13.3 Å². The van der Waals surface area contributed by atoms with Gasteiger partial charge in [0.2, 0.25) is 15.8 Å². The van der Waals surface area contributed by atoms with Crippen molar-refractivity contribution in [3.8, 4) is 0 Å². The molecule has 19 heavy (non-hydrogen) atoms. The molecule has 2 N–H and O–H groups in total. The largest absolute Gasteiger partial charge is 0.364 e. The smallest absolute Gasteiger partial charge is 0.311 e. The molecule has 0 spiro atoms. The number of nitrogens with zero attached hydrogens (tertiary/aromatic N) is 2. The van der Waals surface area contributed by atoms with E-state index in [1.807, 2.05) is 0 Å². The summed E-state index contributed by atoms with van der Waals surface area (Å²) in [7, 11) is -3.20. The average molecular weight is 288 g/mol. The molecule has 1 rings (SSSR count). The van der Waals surface area contributed by atoms with Gasteiger partial charge in [-0.05, 0) is 19.4 Å². The Hall–Kier alpha value is -1.74. The summed E-state index contributed by atoms with van der Waals surface area (Å²) in [5.41, 5.74) is 0.573. The van der Waals surface area contributed by atoms with Gasteiger partial charge in [-0.2, -0.15) is 0 Å². The summed E-state index contributed by atoms with van der Waals surface area (Å²) in [6.45, 7) is 2.39. The molecule has 8 nitrogen and oxygen atoms in total. The molecule has 0 atom stereocenters. The third-order valence-corrected chi connectivity index (χ3v) is 2.95. The van der Waals surface area contributed by atoms with Crippen molar-refractivity contribution in [3.63, 3.8) is 0 Å². The third kappa shape index (κ3) is 5.62. The normalized spacial score (nSPS) is 11.3. The third-order valence-electron chi connectivity index (χ3n) is 2.22. The second kappa shape index (κ2) is 6.43. The summed E-state index contributed by atoms with van der Waals surface area (Å²) in [4.78, 5) is 14.3. The molecule has 0 fully saturated rings. The zero-order chi connectivity index (χ0) is 14.5. The summed E-state index contributed by atoms with van der Waals surface area (Å²) in [5.74, 6) is 0.198. The highest BCUT2D eigenvalue weighted by Crippen LogP contribution is 2.21. The van der Waals surface area contributed by atoms with Crippen molar-refractivity contribution in [2.24, 2.45) is 0 Å². The van der Waals surface area contributed by atoms with E-state index in [4.69, 9.17) is 0 Å². The molecular weight excluding hydrogens is 272 g/mol. The molecule has 0 amide bonds. The molecule has 1 heterocycles. The van der Waals surface area contributed by atoms with Crippen LogP contribution in [0.15, 0.2) is 12.1 Å². The van der Waals surface area contributed by atoms with Crippen molar-refractivity contribution in [1.82, 2.24) is 9.71 Å². The molecule has 0 aliphatic heterocycles. The lowest BCUT2D eigenvalue weighted by Crippen LogP contribution is -2.24. The van der Waals surface area contributed by atoms with Gasteiger partial charge in [0.15, 0.2) is 0 Å². The van der Waals surface area contributed by atoms with Gasteiger partial charge in [-0.15, -0.1) is 0 Å². The van der Waals surface area contributed by atoms with Crippen LogP contribution in [0.1, 0.15) is 12.1 Å². The van der Waals surface area contributed by atoms with E-state index in [0.717, 1.165) is 6.26 Å². The fraction of sp³-hybridized carbons (Fsp3) is 0.500. The fourth-order valence-corrected chi connectivity index (χ4v) is 1.89. The minimum atomic E-state index is -3.20. The maximum absolute atomic E-state index is 10.8. The number of aromatic nitrogens is 1. The lowest BCUT2D eigenvalue weighted by atomic mass is 10.3. The Balaban J connectivity index is 2.53. The Labute approximate surface area is 111 Å². The Morgan fingerprint density at radius 1 is 1.37 bits per heavy atom. The van der Waals surface area contributed by atoms with Crippen molar-refractivity contribution in [1.29, 1.82) is 0 Å². The highest BCUT2D eigenvalue weighted by Gasteiger charge is 2.14. The zero-order valence-corrected chi connectivity index (χ0v) is 11.5. The van der Waals surface area contributed by atoms with E-state index >= 15 is 0 Å². The number of aryl methyl sites for hydroxylation is 1. The average Bonchev–Trinajstić information content (AvgIpc) is 2.26. The van der Waals surface area contributed by atoms with E-state index in [0.29, 0.717) is 18.7 Å². The van der Waals surface area contributed by atoms with Gasteiger partial charge in [0.05, 0.1) is 11.2 Å². The lowest BCUT2D eigenvalue weighted by Gasteiger charge is -2.07. The van der Waals surface area contributed by atoms with Crippen LogP contribution in [0.5, 0.6) is 0 Å². The molecular formula is C10H16N4O4S. The SMILES string of the molecule is Cc1ccc([N+](=O)[O-])c(NCCCNS(C)(=O)=O)n1. The van der Waals surface area contributed by atoms with Gasteiger partial charge in [0.1, 0.15) is 0 Å². The Kier molecular flexibility index (Phi) is 5.19. The minimum Gasteiger partial charge on any atom is -0.364 e. The first-order chi connectivity index (χ1) is 8.79. The molecule has 1 aromatic rings. The van der Waals surface area contributed by atoms with Crippen molar-refractivity contribution in [3.05, 3.63) is 27.9 Å². The maximum atomic E-state index is 10.8. The van der Waals surface area contributed by atoms with Gasteiger partial charge in [-0.25, -0.2) is 18.1 Å². The summed E-state index contributed by atoms with van der Waals surface area (Å²) in [6.07, 6.45) is 1.58. The molecule has 0 aliphatic rings. The first kappa shape index (κ1) is 15.3. The van der Waals surface area contributed by atoms with E-state index in [9.17, 15) is 18.5 Å². The Bertz CT molecular complexity index is 559. The van der Waals surface area contributed by atoms with E-state index in [1.54, 1.807) is 13.0 Å². The number of nitrogens with one attached hydrogen (secondary N) is 2. The van der Waals surface area contributed by atoms with Crippen molar-refractivity contribution in [2.75, 3.05) is 24.7 Å². The van der Waals surface area contributed by atoms with Crippen LogP contribution in [0, 0.1) is 17.0 Å². The van der Waals surface area contributed by atoms with Crippen LogP contribution < -0.4 is 10.0 Å². The zero-order valence-electron chi connectivity index (χ0n) is 10.7. The van der Waals surface area contributed by atoms with E-state index in [2.05, 4.69) is 15.0 Å². The predicted octanol–water partition coefficient (Wildman–Crippen LogP) is 0.649. The second-order valence-electron chi connectivity index (χ2n) is 4.02. The molecule has 0 unspecified atom stereocenters. The highest BCUT2D eigenvalue weighted by molar-refractivity contribution is 7.88. The van der Waals surface area contributed by atoms with Gasteiger partial charge in [-0.1, -0.05) is 0 Å². The summed E-state index contributed by atoms with van der Waals surface area (Å²) < 4.78 is 24.0. The number of nitro groups is 1. The second-order valence-corrected chi connectivity index (χ2v) is 5.86. The summed E-state index contributed by atoms with van der Waals surface area (Å²) in [5, 5.41) is 13.6. The minimum absolute atomic E-state index is 0.0957. The standard InChI is InChI=1S/C10H16N4O4S/c1-8-4-5-9(14(15)16)10(13-8)11-6-3-7-12-19(2,17)18/h4-5,12H,3,6-7H2,1-2H3,(H,11,13). The van der Waals surface area contributed by atoms with E-state index in [-0.39, 0.29) is 18.1 Å². The van der Waals surface area contributed by atoms with Gasteiger partial charge in [0.25, 0.3) is 0 Å². The number of hydrogen-bond acceptors (Lipinski definition) is 6. The van der Waals surface area contributed by atoms with Crippen LogP contribution in [-0.4, -0.2) is 37.7 Å². The molecule has 1 aromatic heterocycles. The molecule has 0 aliphatic carbocycles. The number of sulfonamides is 1. The van der Waals surface area contributed by atoms with Crippen molar-refractivity contribution >= 4 is 21.5 Å². The van der Waals surface area contributed by atoms with Crippen LogP contribution in [0.3, 0.4) is 0 Å². The maximum Gasteiger partial charge on any atom is 0.311 e. The van der Waals surface area contributed by atoms with Crippen LogP contribution in [0.4, 0.5) is 11.5 Å². The topological polar surface area (TPSA) is 114 Å². The van der Waals surface area contributed by atoms with Gasteiger partial charge >= 0.3 is 5.69 Å². The number of pyridine rings is 1. The molecule has 0 saturated heterocycles. The van der Waals surface area contributed by atoms with E-state index < -0.39 is 14.9 Å². The van der Waals surface area contributed by atoms with Gasteiger partial charge in [-0.3, -0.25) is 10.1 Å². The quantitative estimate of drug-likeness (QED) is 0.432. The highest BCUT2D eigenvalue weighted by atomic mass is 32.2. The molecule has 0 aromatic carbocycles. The van der Waals surface area contributed by atoms with Gasteiger partial charge in [0, 0.05) is 24.8 Å². The molecule has 106 valence electrons. The summed E-state index contributed by atoms with van der Waals surface area (Å²) >= 11 is 0. The molecule has 9 heteroatoms. The number of rotatable bonds is 7. The van der Waals surface area contributed by atoms with Crippen LogP contribution >= 0.6 is 0 Å². The van der Waals surface area contributed by atoms with Crippen LogP contribution in [0.2, 0.25) is 0 Å². The monoisotopic (exact) mass is 288 g/mol. The first-order valence-electron chi connectivity index (χ1n) is 5.60. The van der Waals surface area contributed by atoms with E-state index in [1.165, 1.54) is 6.07 Å². The molecule has 0 saturated carbocycles. The van der Waals surface area contributed by atoms with Crippen molar-refractivity contribution < 1.29 is 13.3 Å². The summed E-state index contributed by atoms with van der Waals surface area (Å²) in [6, 6.07) is 2.95. The van der Waals surface area contributed by atoms with Gasteiger partial charge < -0.3 is 5.32 Å². The Morgan fingerprint density at radius 3 is 2.63 bits per heavy atom. The predicted molar refractivity (Wildman–Crippen MR) is 71.6 cm³/mol. The molecule has 0 radical (unpaired) electrons. The van der Waals surface area contributed by atoms with Crippen LogP contribution in [0.25, 0.3) is 0 Å². The van der Waals surface area contributed by atoms with Crippen LogP contribution in [-0.2, 0) is 10.0 Å². The molecule has 0 bridgehead atoms. The fourth-order valence-electron chi connectivity index (χ4n) is 1.38. The number of anilines is 1. The Morgan fingerprint density at radius 2 is 2.05 bits per heavy atom.